The van der Waals surface area contributed by atoms with Crippen LogP contribution >= 0.6 is 23.2 Å². The van der Waals surface area contributed by atoms with Crippen molar-refractivity contribution in [3.63, 3.8) is 0 Å². The number of fused-ring (bicyclic) bond motifs is 1. The number of ether oxygens (including phenoxy) is 2. The number of halogens is 2. The third kappa shape index (κ3) is 5.96. The topological polar surface area (TPSA) is 47.6 Å². The predicted octanol–water partition coefficient (Wildman–Crippen LogP) is 6.54. The van der Waals surface area contributed by atoms with Gasteiger partial charge in [0.05, 0.1) is 6.10 Å². The van der Waals surface area contributed by atoms with Crippen molar-refractivity contribution in [3.8, 4) is 11.5 Å². The first-order valence-electron chi connectivity index (χ1n) is 12.1. The highest BCUT2D eigenvalue weighted by Crippen LogP contribution is 2.57. The lowest BCUT2D eigenvalue weighted by molar-refractivity contribution is -0.123. The second-order valence-corrected chi connectivity index (χ2v) is 10.8. The minimum atomic E-state index is -0.0285. The number of benzene rings is 2. The maximum atomic E-state index is 12.4. The lowest BCUT2D eigenvalue weighted by atomic mass is 9.91. The smallest absolute Gasteiger partial charge is 0.258 e. The molecule has 176 valence electrons. The number of nitrogens with one attached hydrogen (secondary N) is 1. The Hall–Kier alpha value is -1.91. The van der Waals surface area contributed by atoms with Crippen molar-refractivity contribution in [1.29, 1.82) is 0 Å². The van der Waals surface area contributed by atoms with Crippen LogP contribution in [0.3, 0.4) is 0 Å². The summed E-state index contributed by atoms with van der Waals surface area (Å²) in [7, 11) is 0. The van der Waals surface area contributed by atoms with Gasteiger partial charge in [-0.3, -0.25) is 4.79 Å². The molecule has 0 spiro atoms. The second-order valence-electron chi connectivity index (χ2n) is 9.93. The van der Waals surface area contributed by atoms with E-state index in [1.807, 2.05) is 24.3 Å². The van der Waals surface area contributed by atoms with Crippen molar-refractivity contribution in [2.45, 2.75) is 57.1 Å². The minimum Gasteiger partial charge on any atom is -0.490 e. The predicted molar refractivity (Wildman–Crippen MR) is 131 cm³/mol. The first-order valence-corrected chi connectivity index (χ1v) is 12.9. The fourth-order valence-electron chi connectivity index (χ4n) is 5.90. The Morgan fingerprint density at radius 2 is 1.55 bits per heavy atom. The Bertz CT molecular complexity index is 949. The van der Waals surface area contributed by atoms with E-state index in [0.717, 1.165) is 47.8 Å². The molecule has 3 aliphatic rings. The van der Waals surface area contributed by atoms with E-state index < -0.39 is 0 Å². The molecule has 5 rings (SSSR count). The largest absolute Gasteiger partial charge is 0.490 e. The third-order valence-corrected chi connectivity index (χ3v) is 8.16. The molecule has 3 fully saturated rings. The van der Waals surface area contributed by atoms with Crippen LogP contribution in [0.15, 0.2) is 48.5 Å². The van der Waals surface area contributed by atoms with Crippen molar-refractivity contribution in [3.05, 3.63) is 58.6 Å². The molecule has 4 unspecified atom stereocenters. The van der Waals surface area contributed by atoms with E-state index in [9.17, 15) is 4.79 Å². The summed E-state index contributed by atoms with van der Waals surface area (Å²) in [6, 6.07) is 15.1. The van der Waals surface area contributed by atoms with Gasteiger partial charge < -0.3 is 14.8 Å². The van der Waals surface area contributed by atoms with Crippen molar-refractivity contribution in [2.24, 2.45) is 23.7 Å². The molecular weight excluding hydrogens is 457 g/mol. The molecule has 4 nitrogen and oxygen atoms in total. The minimum absolute atomic E-state index is 0.0285. The highest BCUT2D eigenvalue weighted by atomic mass is 35.5. The maximum Gasteiger partial charge on any atom is 0.258 e. The molecule has 0 aliphatic heterocycles. The summed E-state index contributed by atoms with van der Waals surface area (Å²) in [5.41, 5.74) is 0. The average molecular weight is 488 g/mol. The normalized spacial score (nSPS) is 30.0. The first-order chi connectivity index (χ1) is 16.0. The Morgan fingerprint density at radius 1 is 0.848 bits per heavy atom. The fraction of sp³-hybridized carbons (Fsp3) is 0.519. The molecule has 6 atom stereocenters. The quantitative estimate of drug-likeness (QED) is 0.436. The number of hydrogen-bond acceptors (Lipinski definition) is 3. The number of carbonyl (C=O) groups excluding carboxylic acids is 1. The lowest BCUT2D eigenvalue weighted by Crippen LogP contribution is -2.38. The zero-order valence-corrected chi connectivity index (χ0v) is 20.2. The Morgan fingerprint density at radius 3 is 2.27 bits per heavy atom. The molecular formula is C27H31Cl2NO3. The van der Waals surface area contributed by atoms with E-state index in [1.54, 1.807) is 24.3 Å². The first kappa shape index (κ1) is 22.9. The Kier molecular flexibility index (Phi) is 7.03. The van der Waals surface area contributed by atoms with E-state index in [0.29, 0.717) is 28.8 Å². The summed E-state index contributed by atoms with van der Waals surface area (Å²) in [5, 5.41) is 4.63. The number of rotatable bonds is 9. The van der Waals surface area contributed by atoms with Gasteiger partial charge >= 0.3 is 0 Å². The molecule has 1 amide bonds. The monoisotopic (exact) mass is 487 g/mol. The van der Waals surface area contributed by atoms with Gasteiger partial charge in [0.25, 0.3) is 5.91 Å². The highest BCUT2D eigenvalue weighted by molar-refractivity contribution is 6.30. The summed E-state index contributed by atoms with van der Waals surface area (Å²) >= 11 is 11.9. The molecule has 2 aromatic rings. The number of carbonyl (C=O) groups is 1. The Balaban J connectivity index is 1.01. The van der Waals surface area contributed by atoms with Crippen LogP contribution in [0, 0.1) is 23.7 Å². The number of amides is 1. The van der Waals surface area contributed by atoms with Crippen LogP contribution in [0.4, 0.5) is 0 Å². The molecule has 3 aliphatic carbocycles. The van der Waals surface area contributed by atoms with Crippen LogP contribution < -0.4 is 14.8 Å². The molecule has 2 aromatic carbocycles. The van der Waals surface area contributed by atoms with Crippen molar-refractivity contribution < 1.29 is 14.3 Å². The zero-order chi connectivity index (χ0) is 22.8. The molecule has 33 heavy (non-hydrogen) atoms. The Labute approximate surface area is 205 Å². The summed E-state index contributed by atoms with van der Waals surface area (Å²) in [5.74, 6) is 4.52. The SMILES string of the molecule is O=C(COc1ccc(Cl)cc1)N[C@@H]1C[C@H](CCC2CCC(Oc3ccc(Cl)cc3)C2)C2CC21. The van der Waals surface area contributed by atoms with E-state index in [4.69, 9.17) is 32.7 Å². The van der Waals surface area contributed by atoms with E-state index in [-0.39, 0.29) is 12.5 Å². The van der Waals surface area contributed by atoms with Crippen LogP contribution in [0.5, 0.6) is 11.5 Å². The summed E-state index contributed by atoms with van der Waals surface area (Å²) in [6.07, 6.45) is 8.77. The van der Waals surface area contributed by atoms with E-state index in [2.05, 4.69) is 5.32 Å². The average Bonchev–Trinajstić information content (AvgIpc) is 3.37. The summed E-state index contributed by atoms with van der Waals surface area (Å²) in [6.45, 7) is 0.0528. The van der Waals surface area contributed by atoms with Crippen LogP contribution in [-0.4, -0.2) is 24.7 Å². The molecule has 1 N–H and O–H groups in total. The third-order valence-electron chi connectivity index (χ3n) is 7.66. The lowest BCUT2D eigenvalue weighted by Gasteiger charge is -2.19. The second kappa shape index (κ2) is 10.1. The fourth-order valence-corrected chi connectivity index (χ4v) is 6.15. The van der Waals surface area contributed by atoms with Gasteiger partial charge in [-0.25, -0.2) is 0 Å². The van der Waals surface area contributed by atoms with Gasteiger partial charge in [-0.1, -0.05) is 29.6 Å². The van der Waals surface area contributed by atoms with E-state index in [1.165, 1.54) is 25.7 Å². The zero-order valence-electron chi connectivity index (χ0n) is 18.7. The molecule has 0 heterocycles. The van der Waals surface area contributed by atoms with Crippen LogP contribution in [-0.2, 0) is 4.79 Å². The molecule has 3 saturated carbocycles. The molecule has 0 bridgehead atoms. The van der Waals surface area contributed by atoms with Crippen molar-refractivity contribution in [2.75, 3.05) is 6.61 Å². The van der Waals surface area contributed by atoms with Gasteiger partial charge in [-0.15, -0.1) is 0 Å². The van der Waals surface area contributed by atoms with Gasteiger partial charge in [-0.05, 0) is 111 Å². The van der Waals surface area contributed by atoms with Gasteiger partial charge in [0.15, 0.2) is 6.61 Å². The standard InChI is InChI=1S/C27H31Cl2NO3/c28-19-4-9-21(10-5-19)32-16-27(31)30-26-14-18(24-15-25(24)26)3-1-17-2-8-23(13-17)33-22-11-6-20(29)7-12-22/h4-7,9-12,17-18,23-26H,1-3,8,13-16H2,(H,30,31)/t17?,18-,23?,24?,25?,26+/m0/s1. The van der Waals surface area contributed by atoms with Gasteiger partial charge in [0.2, 0.25) is 0 Å². The molecule has 0 radical (unpaired) electrons. The van der Waals surface area contributed by atoms with Gasteiger partial charge in [-0.2, -0.15) is 0 Å². The highest BCUT2D eigenvalue weighted by Gasteiger charge is 2.54. The van der Waals surface area contributed by atoms with Crippen LogP contribution in [0.25, 0.3) is 0 Å². The molecule has 0 aromatic heterocycles. The number of hydrogen-bond donors (Lipinski definition) is 1. The van der Waals surface area contributed by atoms with Gasteiger partial charge in [0, 0.05) is 16.1 Å². The summed E-state index contributed by atoms with van der Waals surface area (Å²) < 4.78 is 11.8. The maximum absolute atomic E-state index is 12.4. The van der Waals surface area contributed by atoms with Crippen LogP contribution in [0.1, 0.15) is 44.9 Å². The summed E-state index contributed by atoms with van der Waals surface area (Å²) in [4.78, 5) is 12.4. The van der Waals surface area contributed by atoms with Crippen LogP contribution in [0.2, 0.25) is 10.0 Å². The van der Waals surface area contributed by atoms with Crippen molar-refractivity contribution >= 4 is 29.1 Å². The van der Waals surface area contributed by atoms with E-state index >= 15 is 0 Å². The van der Waals surface area contributed by atoms with Crippen molar-refractivity contribution in [1.82, 2.24) is 5.32 Å². The molecule has 0 saturated heterocycles. The molecule has 6 heteroatoms. The van der Waals surface area contributed by atoms with Gasteiger partial charge in [0.1, 0.15) is 11.5 Å².